The summed E-state index contributed by atoms with van der Waals surface area (Å²) in [6.07, 6.45) is 2.57. The van der Waals surface area contributed by atoms with Crippen LogP contribution >= 0.6 is 0 Å². The van der Waals surface area contributed by atoms with Gasteiger partial charge in [0, 0.05) is 36.0 Å². The number of amides is 2. The molecule has 3 atom stereocenters. The molecule has 146 valence electrons. The number of H-pyrrole nitrogens is 1. The predicted molar refractivity (Wildman–Crippen MR) is 102 cm³/mol. The van der Waals surface area contributed by atoms with E-state index in [1.165, 1.54) is 4.90 Å². The minimum Gasteiger partial charge on any atom is -0.363 e. The van der Waals surface area contributed by atoms with Gasteiger partial charge in [0.25, 0.3) is 11.8 Å². The van der Waals surface area contributed by atoms with Crippen molar-refractivity contribution in [3.05, 3.63) is 47.2 Å². The normalized spacial score (nSPS) is 31.6. The standard InChI is InChI=1S/C21H23N3O4/c1-12(2)10-16-17-14(13-6-3-4-7-15(13)22-17)11-21(28)18(25)23-9-5-8-20(23,27)19(26)24(16)21/h3-4,6-7,10,16,22,27-28H,5,8-9,11H2,1-2H3/t16-,20?,21-/m0/s1. The molecule has 1 aromatic heterocycles. The van der Waals surface area contributed by atoms with E-state index in [1.807, 2.05) is 44.2 Å². The molecule has 2 fully saturated rings. The molecule has 0 bridgehead atoms. The Balaban J connectivity index is 1.79. The lowest BCUT2D eigenvalue weighted by molar-refractivity contribution is -0.233. The van der Waals surface area contributed by atoms with Crippen LogP contribution in [0.25, 0.3) is 10.9 Å². The monoisotopic (exact) mass is 381 g/mol. The largest absolute Gasteiger partial charge is 0.363 e. The third-order valence-electron chi connectivity index (χ3n) is 6.24. The number of aromatic amines is 1. The SMILES string of the molecule is CC(C)=C[C@H]1c2[nH]c3ccccc3c2C[C@]2(O)C(=O)N3CCCC3(O)C(=O)N12. The van der Waals surface area contributed by atoms with Gasteiger partial charge in [-0.2, -0.15) is 0 Å². The van der Waals surface area contributed by atoms with Crippen molar-refractivity contribution < 1.29 is 19.8 Å². The Morgan fingerprint density at radius 2 is 1.93 bits per heavy atom. The van der Waals surface area contributed by atoms with Gasteiger partial charge >= 0.3 is 0 Å². The first kappa shape index (κ1) is 17.5. The summed E-state index contributed by atoms with van der Waals surface area (Å²) in [6, 6.07) is 7.05. The van der Waals surface area contributed by atoms with E-state index in [-0.39, 0.29) is 19.4 Å². The van der Waals surface area contributed by atoms with E-state index in [4.69, 9.17) is 0 Å². The van der Waals surface area contributed by atoms with Crippen molar-refractivity contribution in [1.82, 2.24) is 14.8 Å². The number of rotatable bonds is 1. The fourth-order valence-electron chi connectivity index (χ4n) is 5.01. The van der Waals surface area contributed by atoms with Crippen LogP contribution in [0.15, 0.2) is 35.9 Å². The molecular formula is C21H23N3O4. The van der Waals surface area contributed by atoms with Gasteiger partial charge in [0.1, 0.15) is 0 Å². The summed E-state index contributed by atoms with van der Waals surface area (Å²) in [6.45, 7) is 4.08. The van der Waals surface area contributed by atoms with Gasteiger partial charge in [-0.3, -0.25) is 14.5 Å². The zero-order valence-electron chi connectivity index (χ0n) is 15.9. The molecule has 2 aromatic rings. The van der Waals surface area contributed by atoms with Gasteiger partial charge < -0.3 is 20.1 Å². The number of benzene rings is 1. The van der Waals surface area contributed by atoms with Crippen molar-refractivity contribution in [1.29, 1.82) is 0 Å². The Hall–Kier alpha value is -2.64. The van der Waals surface area contributed by atoms with Crippen molar-refractivity contribution in [2.45, 2.75) is 50.6 Å². The maximum absolute atomic E-state index is 13.4. The number of nitrogens with zero attached hydrogens (tertiary/aromatic N) is 2. The molecular weight excluding hydrogens is 358 g/mol. The number of aliphatic hydroxyl groups is 2. The second-order valence-corrected chi connectivity index (χ2v) is 8.30. The Labute approximate surface area is 162 Å². The summed E-state index contributed by atoms with van der Waals surface area (Å²) in [5, 5.41) is 23.5. The van der Waals surface area contributed by atoms with E-state index in [0.29, 0.717) is 6.42 Å². The molecule has 7 nitrogen and oxygen atoms in total. The number of hydrogen-bond donors (Lipinski definition) is 3. The fraction of sp³-hybridized carbons (Fsp3) is 0.429. The molecule has 0 radical (unpaired) electrons. The fourth-order valence-corrected chi connectivity index (χ4v) is 5.01. The van der Waals surface area contributed by atoms with Crippen LogP contribution in [0.2, 0.25) is 0 Å². The zero-order valence-corrected chi connectivity index (χ0v) is 15.9. The van der Waals surface area contributed by atoms with Gasteiger partial charge in [0.15, 0.2) is 0 Å². The number of piperazine rings is 1. The molecule has 4 heterocycles. The van der Waals surface area contributed by atoms with Crippen LogP contribution in [-0.2, 0) is 16.0 Å². The second-order valence-electron chi connectivity index (χ2n) is 8.30. The minimum atomic E-state index is -2.01. The van der Waals surface area contributed by atoms with E-state index in [2.05, 4.69) is 4.98 Å². The quantitative estimate of drug-likeness (QED) is 0.654. The minimum absolute atomic E-state index is 0.00337. The lowest BCUT2D eigenvalue weighted by atomic mass is 9.84. The summed E-state index contributed by atoms with van der Waals surface area (Å²) < 4.78 is 0. The molecule has 7 heteroatoms. The lowest BCUT2D eigenvalue weighted by Crippen LogP contribution is -2.77. The van der Waals surface area contributed by atoms with Gasteiger partial charge in [-0.15, -0.1) is 0 Å². The number of aromatic nitrogens is 1. The molecule has 0 spiro atoms. The maximum Gasteiger partial charge on any atom is 0.279 e. The van der Waals surface area contributed by atoms with Gasteiger partial charge in [-0.05, 0) is 31.9 Å². The second kappa shape index (κ2) is 5.46. The van der Waals surface area contributed by atoms with Crippen LogP contribution in [0.4, 0.5) is 0 Å². The van der Waals surface area contributed by atoms with Gasteiger partial charge in [-0.1, -0.05) is 29.8 Å². The Kier molecular flexibility index (Phi) is 3.40. The first-order valence-electron chi connectivity index (χ1n) is 9.62. The molecule has 3 N–H and O–H groups in total. The highest BCUT2D eigenvalue weighted by molar-refractivity contribution is 6.02. The van der Waals surface area contributed by atoms with E-state index < -0.39 is 29.3 Å². The van der Waals surface area contributed by atoms with Crippen LogP contribution in [0.5, 0.6) is 0 Å². The molecule has 0 saturated carbocycles. The first-order chi connectivity index (χ1) is 13.3. The van der Waals surface area contributed by atoms with Crippen LogP contribution < -0.4 is 0 Å². The topological polar surface area (TPSA) is 96.9 Å². The summed E-state index contributed by atoms with van der Waals surface area (Å²) in [4.78, 5) is 32.4. The highest BCUT2D eigenvalue weighted by Gasteiger charge is 2.66. The molecule has 3 aliphatic rings. The van der Waals surface area contributed by atoms with Crippen molar-refractivity contribution >= 4 is 22.7 Å². The van der Waals surface area contributed by atoms with Crippen LogP contribution in [0.1, 0.15) is 44.0 Å². The Morgan fingerprint density at radius 3 is 2.68 bits per heavy atom. The van der Waals surface area contributed by atoms with Crippen LogP contribution in [0.3, 0.4) is 0 Å². The molecule has 1 unspecified atom stereocenters. The third-order valence-corrected chi connectivity index (χ3v) is 6.24. The average molecular weight is 381 g/mol. The molecule has 2 amide bonds. The van der Waals surface area contributed by atoms with Crippen LogP contribution in [0, 0.1) is 0 Å². The Bertz CT molecular complexity index is 1050. The van der Waals surface area contributed by atoms with Gasteiger partial charge in [0.05, 0.1) is 6.04 Å². The molecule has 2 saturated heterocycles. The summed E-state index contributed by atoms with van der Waals surface area (Å²) in [7, 11) is 0. The summed E-state index contributed by atoms with van der Waals surface area (Å²) >= 11 is 0. The molecule has 0 aliphatic carbocycles. The number of hydrogen-bond acceptors (Lipinski definition) is 4. The number of fused-ring (bicyclic) bond motifs is 5. The van der Waals surface area contributed by atoms with Crippen molar-refractivity contribution in [2.24, 2.45) is 0 Å². The molecule has 3 aliphatic heterocycles. The predicted octanol–water partition coefficient (Wildman–Crippen LogP) is 1.57. The third kappa shape index (κ3) is 2.00. The van der Waals surface area contributed by atoms with Gasteiger partial charge in [-0.25, -0.2) is 0 Å². The van der Waals surface area contributed by atoms with Crippen molar-refractivity contribution in [2.75, 3.05) is 6.54 Å². The van der Waals surface area contributed by atoms with Crippen molar-refractivity contribution in [3.8, 4) is 0 Å². The molecule has 28 heavy (non-hydrogen) atoms. The van der Waals surface area contributed by atoms with E-state index in [9.17, 15) is 19.8 Å². The summed E-state index contributed by atoms with van der Waals surface area (Å²) in [5.74, 6) is -1.21. The smallest absolute Gasteiger partial charge is 0.279 e. The highest BCUT2D eigenvalue weighted by Crippen LogP contribution is 2.48. The van der Waals surface area contributed by atoms with E-state index in [1.54, 1.807) is 0 Å². The number of nitrogens with one attached hydrogen (secondary N) is 1. The summed E-state index contributed by atoms with van der Waals surface area (Å²) in [5.41, 5.74) is -0.434. The first-order valence-corrected chi connectivity index (χ1v) is 9.62. The van der Waals surface area contributed by atoms with Crippen LogP contribution in [-0.4, -0.2) is 54.8 Å². The van der Waals surface area contributed by atoms with E-state index in [0.717, 1.165) is 32.6 Å². The number of allylic oxidation sites excluding steroid dienone is 1. The lowest BCUT2D eigenvalue weighted by Gasteiger charge is -2.54. The molecule has 1 aromatic carbocycles. The number of carbonyl (C=O) groups excluding carboxylic acids is 2. The maximum atomic E-state index is 13.4. The Morgan fingerprint density at radius 1 is 1.18 bits per heavy atom. The highest BCUT2D eigenvalue weighted by atomic mass is 16.4. The number of para-hydroxylation sites is 1. The molecule has 5 rings (SSSR count). The number of carbonyl (C=O) groups is 2. The zero-order chi connectivity index (χ0) is 19.8. The van der Waals surface area contributed by atoms with Crippen molar-refractivity contribution in [3.63, 3.8) is 0 Å². The average Bonchev–Trinajstić information content (AvgIpc) is 3.21. The van der Waals surface area contributed by atoms with E-state index >= 15 is 0 Å². The van der Waals surface area contributed by atoms with Gasteiger partial charge in [0.2, 0.25) is 11.4 Å².